The number of nitrogens with zero attached hydrogens (tertiary/aromatic N) is 5. The van der Waals surface area contributed by atoms with Gasteiger partial charge in [-0.25, -0.2) is 19.2 Å². The van der Waals surface area contributed by atoms with Crippen LogP contribution in [0.15, 0.2) is 30.6 Å². The number of non-ortho nitro benzene ring substituents is 1. The molecular formula is C18H21FN6O4. The summed E-state index contributed by atoms with van der Waals surface area (Å²) in [6.07, 6.45) is 3.32. The number of likely N-dealkylation sites (tertiary alicyclic amines) is 1. The second-order valence-corrected chi connectivity index (χ2v) is 6.80. The molecule has 1 fully saturated rings. The van der Waals surface area contributed by atoms with Gasteiger partial charge in [0.05, 0.1) is 11.0 Å². The first-order valence-corrected chi connectivity index (χ1v) is 8.99. The van der Waals surface area contributed by atoms with Crippen LogP contribution in [0.3, 0.4) is 0 Å². The molecule has 2 heterocycles. The van der Waals surface area contributed by atoms with Gasteiger partial charge in [-0.1, -0.05) is 0 Å². The number of urea groups is 1. The first-order chi connectivity index (χ1) is 13.8. The van der Waals surface area contributed by atoms with Crippen LogP contribution < -0.4 is 10.1 Å². The predicted molar refractivity (Wildman–Crippen MR) is 102 cm³/mol. The van der Waals surface area contributed by atoms with Gasteiger partial charge >= 0.3 is 6.03 Å². The van der Waals surface area contributed by atoms with Crippen molar-refractivity contribution in [3.05, 3.63) is 46.5 Å². The molecule has 0 spiro atoms. The molecule has 0 unspecified atom stereocenters. The van der Waals surface area contributed by atoms with E-state index in [1.165, 1.54) is 12.4 Å². The van der Waals surface area contributed by atoms with Crippen molar-refractivity contribution < 1.29 is 18.8 Å². The molecule has 2 amide bonds. The molecule has 1 aromatic heterocycles. The number of hydrogen-bond donors (Lipinski definition) is 1. The van der Waals surface area contributed by atoms with Gasteiger partial charge in [0, 0.05) is 31.8 Å². The molecule has 11 heteroatoms. The molecule has 0 bridgehead atoms. The summed E-state index contributed by atoms with van der Waals surface area (Å²) in [5.41, 5.74) is -0.388. The van der Waals surface area contributed by atoms with Crippen LogP contribution in [0.2, 0.25) is 0 Å². The highest BCUT2D eigenvalue weighted by Gasteiger charge is 2.24. The van der Waals surface area contributed by atoms with Gasteiger partial charge in [-0.2, -0.15) is 0 Å². The van der Waals surface area contributed by atoms with Crippen LogP contribution in [0.4, 0.5) is 20.7 Å². The predicted octanol–water partition coefficient (Wildman–Crippen LogP) is 2.87. The maximum Gasteiger partial charge on any atom is 0.322 e. The molecule has 29 heavy (non-hydrogen) atoms. The lowest BCUT2D eigenvalue weighted by molar-refractivity contribution is -0.385. The van der Waals surface area contributed by atoms with Crippen molar-refractivity contribution in [2.24, 2.45) is 0 Å². The Morgan fingerprint density at radius 1 is 1.45 bits per heavy atom. The Morgan fingerprint density at radius 2 is 2.24 bits per heavy atom. The van der Waals surface area contributed by atoms with Gasteiger partial charge in [0.2, 0.25) is 5.88 Å². The van der Waals surface area contributed by atoms with E-state index in [1.54, 1.807) is 11.9 Å². The Hall–Kier alpha value is -3.34. The fraction of sp³-hybridized carbons (Fsp3) is 0.389. The molecule has 2 aromatic rings. The van der Waals surface area contributed by atoms with Crippen molar-refractivity contribution in [1.29, 1.82) is 0 Å². The van der Waals surface area contributed by atoms with E-state index in [0.717, 1.165) is 37.6 Å². The molecule has 0 radical (unpaired) electrons. The SMILES string of the molecule is CN(C[C@H]1CCCN1C)C(=O)Nc1cc(Oc2ccc([N+](=O)[O-])cc2F)ncn1. The zero-order chi connectivity index (χ0) is 21.0. The van der Waals surface area contributed by atoms with Crippen LogP contribution in [-0.4, -0.2) is 63.9 Å². The lowest BCUT2D eigenvalue weighted by Crippen LogP contribution is -2.41. The number of carbonyl (C=O) groups is 1. The van der Waals surface area contributed by atoms with Gasteiger partial charge in [0.1, 0.15) is 12.1 Å². The van der Waals surface area contributed by atoms with Crippen molar-refractivity contribution >= 4 is 17.5 Å². The van der Waals surface area contributed by atoms with Crippen LogP contribution in [0.1, 0.15) is 12.8 Å². The fourth-order valence-electron chi connectivity index (χ4n) is 3.08. The number of aromatic nitrogens is 2. The van der Waals surface area contributed by atoms with Gasteiger partial charge in [-0.3, -0.25) is 15.4 Å². The highest BCUT2D eigenvalue weighted by Crippen LogP contribution is 2.27. The molecule has 0 aliphatic carbocycles. The number of nitrogens with one attached hydrogen (secondary N) is 1. The number of ether oxygens (including phenoxy) is 1. The Bertz CT molecular complexity index is 912. The summed E-state index contributed by atoms with van der Waals surface area (Å²) in [6.45, 7) is 1.61. The third-order valence-corrected chi connectivity index (χ3v) is 4.72. The number of halogens is 1. The third kappa shape index (κ3) is 5.13. The molecule has 1 N–H and O–H groups in total. The van der Waals surface area contributed by atoms with Crippen molar-refractivity contribution in [2.45, 2.75) is 18.9 Å². The summed E-state index contributed by atoms with van der Waals surface area (Å²) in [6, 6.07) is 4.34. The monoisotopic (exact) mass is 404 g/mol. The average Bonchev–Trinajstić information content (AvgIpc) is 3.08. The Balaban J connectivity index is 1.63. The minimum atomic E-state index is -0.899. The molecule has 0 saturated carbocycles. The van der Waals surface area contributed by atoms with Gasteiger partial charge in [-0.15, -0.1) is 0 Å². The van der Waals surface area contributed by atoms with Gasteiger partial charge < -0.3 is 14.5 Å². The van der Waals surface area contributed by atoms with E-state index in [1.807, 2.05) is 7.05 Å². The maximum absolute atomic E-state index is 14.0. The largest absolute Gasteiger partial charge is 0.436 e. The number of anilines is 1. The van der Waals surface area contributed by atoms with Gasteiger partial charge in [0.25, 0.3) is 5.69 Å². The van der Waals surface area contributed by atoms with Crippen molar-refractivity contribution in [2.75, 3.05) is 32.5 Å². The van der Waals surface area contributed by atoms with Crippen molar-refractivity contribution in [1.82, 2.24) is 19.8 Å². The highest BCUT2D eigenvalue weighted by molar-refractivity contribution is 5.88. The Morgan fingerprint density at radius 3 is 2.90 bits per heavy atom. The Labute approximate surface area is 166 Å². The maximum atomic E-state index is 14.0. The van der Waals surface area contributed by atoms with Crippen molar-refractivity contribution in [3.63, 3.8) is 0 Å². The topological polar surface area (TPSA) is 114 Å². The first kappa shape index (κ1) is 20.4. The number of benzene rings is 1. The molecule has 3 rings (SSSR count). The number of carbonyl (C=O) groups excluding carboxylic acids is 1. The second kappa shape index (κ2) is 8.78. The van der Waals surface area contributed by atoms with Gasteiger partial charge in [-0.05, 0) is 32.5 Å². The first-order valence-electron chi connectivity index (χ1n) is 8.99. The number of nitro benzene ring substituents is 1. The molecule has 1 atom stereocenters. The van der Waals surface area contributed by atoms with Crippen LogP contribution in [0, 0.1) is 15.9 Å². The lowest BCUT2D eigenvalue weighted by Gasteiger charge is -2.25. The number of hydrogen-bond acceptors (Lipinski definition) is 7. The second-order valence-electron chi connectivity index (χ2n) is 6.80. The zero-order valence-electron chi connectivity index (χ0n) is 16.0. The normalized spacial score (nSPS) is 16.4. The lowest BCUT2D eigenvalue weighted by atomic mass is 10.2. The van der Waals surface area contributed by atoms with Crippen LogP contribution in [0.5, 0.6) is 11.6 Å². The number of rotatable bonds is 6. The van der Waals surface area contributed by atoms with Crippen molar-refractivity contribution in [3.8, 4) is 11.6 Å². The number of nitro groups is 1. The van der Waals surface area contributed by atoms with E-state index in [-0.39, 0.29) is 29.2 Å². The van der Waals surface area contributed by atoms with Gasteiger partial charge in [0.15, 0.2) is 11.6 Å². The number of amides is 2. The molecule has 1 aliphatic heterocycles. The standard InChI is InChI=1S/C18H21FN6O4/c1-23-7-3-4-13(23)10-24(2)18(26)22-16-9-17(21-11-20-16)29-15-6-5-12(25(27)28)8-14(15)19/h5-6,8-9,11,13H,3-4,7,10H2,1-2H3,(H,20,21,22,26)/t13-/m1/s1. The van der Waals surface area contributed by atoms with Crippen LogP contribution in [0.25, 0.3) is 0 Å². The minimum absolute atomic E-state index is 0.0127. The minimum Gasteiger partial charge on any atom is -0.436 e. The summed E-state index contributed by atoms with van der Waals surface area (Å²) in [5, 5.41) is 13.3. The van der Waals surface area contributed by atoms with E-state index in [2.05, 4.69) is 20.2 Å². The summed E-state index contributed by atoms with van der Waals surface area (Å²) < 4.78 is 19.3. The molecule has 1 aliphatic rings. The zero-order valence-corrected chi connectivity index (χ0v) is 16.0. The third-order valence-electron chi connectivity index (χ3n) is 4.72. The van der Waals surface area contributed by atoms with Crippen LogP contribution in [-0.2, 0) is 0 Å². The molecule has 1 aromatic carbocycles. The van der Waals surface area contributed by atoms with E-state index >= 15 is 0 Å². The average molecular weight is 404 g/mol. The van der Waals surface area contributed by atoms with E-state index < -0.39 is 10.7 Å². The Kier molecular flexibility index (Phi) is 6.17. The quantitative estimate of drug-likeness (QED) is 0.582. The van der Waals surface area contributed by atoms with Crippen LogP contribution >= 0.6 is 0 Å². The van der Waals surface area contributed by atoms with E-state index in [9.17, 15) is 19.3 Å². The smallest absolute Gasteiger partial charge is 0.322 e. The molecular weight excluding hydrogens is 383 g/mol. The molecule has 154 valence electrons. The summed E-state index contributed by atoms with van der Waals surface area (Å²) in [4.78, 5) is 34.0. The molecule has 1 saturated heterocycles. The fourth-order valence-corrected chi connectivity index (χ4v) is 3.08. The van der Waals surface area contributed by atoms with E-state index in [4.69, 9.17) is 4.74 Å². The number of likely N-dealkylation sites (N-methyl/N-ethyl adjacent to an activating group) is 2. The summed E-state index contributed by atoms with van der Waals surface area (Å²) in [7, 11) is 3.74. The summed E-state index contributed by atoms with van der Waals surface area (Å²) >= 11 is 0. The summed E-state index contributed by atoms with van der Waals surface area (Å²) in [5.74, 6) is -0.952. The van der Waals surface area contributed by atoms with E-state index in [0.29, 0.717) is 12.6 Å². The molecule has 10 nitrogen and oxygen atoms in total. The highest BCUT2D eigenvalue weighted by atomic mass is 19.1.